The maximum Gasteiger partial charge on any atom is 0.245 e. The molecule has 0 unspecified atom stereocenters. The molecule has 0 aliphatic carbocycles. The molecule has 0 amide bonds. The van der Waals surface area contributed by atoms with Gasteiger partial charge in [-0.15, -0.1) is 0 Å². The maximum absolute atomic E-state index is 13.6. The van der Waals surface area contributed by atoms with Crippen LogP contribution in [-0.2, 0) is 10.0 Å². The Morgan fingerprint density at radius 2 is 2.05 bits per heavy atom. The number of likely N-dealkylation sites (N-methyl/N-ethyl adjacent to an activating group) is 1. The van der Waals surface area contributed by atoms with E-state index in [1.165, 1.54) is 0 Å². The van der Waals surface area contributed by atoms with Crippen LogP contribution in [-0.4, -0.2) is 30.8 Å². The number of rotatable bonds is 5. The number of thiocarbonyl (C=S) groups is 1. The summed E-state index contributed by atoms with van der Waals surface area (Å²) in [6, 6.07) is 2.27. The van der Waals surface area contributed by atoms with Gasteiger partial charge in [-0.05, 0) is 12.1 Å². The Kier molecular flexibility index (Phi) is 5.52. The molecule has 0 aliphatic rings. The molecule has 1 rings (SSSR count). The van der Waals surface area contributed by atoms with E-state index in [4.69, 9.17) is 28.9 Å². The molecule has 0 bridgehead atoms. The molecule has 106 valence electrons. The van der Waals surface area contributed by atoms with Crippen LogP contribution in [0.15, 0.2) is 17.0 Å². The van der Waals surface area contributed by atoms with Crippen molar-refractivity contribution in [1.29, 1.82) is 0 Å². The van der Waals surface area contributed by atoms with E-state index in [2.05, 4.69) is 12.2 Å². The van der Waals surface area contributed by atoms with Gasteiger partial charge in [-0.2, -0.15) is 4.31 Å². The van der Waals surface area contributed by atoms with Crippen LogP contribution in [0.25, 0.3) is 0 Å². The molecule has 0 radical (unpaired) electrons. The zero-order valence-corrected chi connectivity index (χ0v) is 13.0. The monoisotopic (exact) mass is 344 g/mol. The van der Waals surface area contributed by atoms with Gasteiger partial charge >= 0.3 is 0 Å². The first-order valence-corrected chi connectivity index (χ1v) is 7.74. The van der Waals surface area contributed by atoms with E-state index in [9.17, 15) is 12.8 Å². The van der Waals surface area contributed by atoms with Crippen molar-refractivity contribution in [3.05, 3.63) is 28.0 Å². The fourth-order valence-corrected chi connectivity index (χ4v) is 3.77. The smallest absolute Gasteiger partial charge is 0.245 e. The summed E-state index contributed by atoms with van der Waals surface area (Å²) in [4.78, 5) is -0.356. The molecule has 0 aromatic heterocycles. The normalized spacial score (nSPS) is 11.8. The van der Waals surface area contributed by atoms with E-state index >= 15 is 0 Å². The lowest BCUT2D eigenvalue weighted by molar-refractivity contribution is 0.467. The van der Waals surface area contributed by atoms with E-state index in [0.29, 0.717) is 0 Å². The van der Waals surface area contributed by atoms with Gasteiger partial charge in [0, 0.05) is 6.54 Å². The fourth-order valence-electron chi connectivity index (χ4n) is 1.39. The summed E-state index contributed by atoms with van der Waals surface area (Å²) >= 11 is 15.9. The minimum atomic E-state index is -3.98. The van der Waals surface area contributed by atoms with Crippen molar-refractivity contribution in [3.63, 3.8) is 0 Å². The number of benzene rings is 1. The highest BCUT2D eigenvalue weighted by molar-refractivity contribution is 7.89. The van der Waals surface area contributed by atoms with Crippen LogP contribution >= 0.6 is 35.4 Å². The SMILES string of the molecule is CCN(CC(N)=S)S(=O)(=O)c1ccc(Cl)c(F)c1Cl. The van der Waals surface area contributed by atoms with Crippen LogP contribution in [0.3, 0.4) is 0 Å². The van der Waals surface area contributed by atoms with E-state index in [1.807, 2.05) is 0 Å². The van der Waals surface area contributed by atoms with Crippen molar-refractivity contribution >= 4 is 50.4 Å². The average molecular weight is 345 g/mol. The van der Waals surface area contributed by atoms with Gasteiger partial charge in [0.15, 0.2) is 5.82 Å². The topological polar surface area (TPSA) is 63.4 Å². The second-order valence-corrected chi connectivity index (χ2v) is 6.79. The molecule has 19 heavy (non-hydrogen) atoms. The minimum absolute atomic E-state index is 0.0102. The first-order chi connectivity index (χ1) is 8.71. The van der Waals surface area contributed by atoms with Crippen molar-refractivity contribution < 1.29 is 12.8 Å². The van der Waals surface area contributed by atoms with E-state index in [0.717, 1.165) is 16.4 Å². The second kappa shape index (κ2) is 6.32. The number of nitrogens with zero attached hydrogens (tertiary/aromatic N) is 1. The van der Waals surface area contributed by atoms with Gasteiger partial charge in [-0.3, -0.25) is 0 Å². The Balaban J connectivity index is 3.34. The van der Waals surface area contributed by atoms with Crippen LogP contribution < -0.4 is 5.73 Å². The third-order valence-electron chi connectivity index (χ3n) is 2.30. The highest BCUT2D eigenvalue weighted by Gasteiger charge is 2.28. The second-order valence-electron chi connectivity index (χ2n) is 3.57. The Hall–Kier alpha value is -0.470. The summed E-state index contributed by atoms with van der Waals surface area (Å²) in [7, 11) is -3.98. The standard InChI is InChI=1S/C10H11Cl2FN2O2S2/c1-2-15(5-8(14)18)19(16,17)7-4-3-6(11)10(13)9(7)12/h3-4H,2,5H2,1H3,(H2,14,18). The summed E-state index contributed by atoms with van der Waals surface area (Å²) in [5, 5.41) is -0.796. The molecular formula is C10H11Cl2FN2O2S2. The van der Waals surface area contributed by atoms with Gasteiger partial charge in [0.05, 0.1) is 21.6 Å². The Morgan fingerprint density at radius 3 is 2.53 bits per heavy atom. The summed E-state index contributed by atoms with van der Waals surface area (Å²) in [6.45, 7) is 1.59. The molecule has 1 aromatic carbocycles. The molecule has 9 heteroatoms. The average Bonchev–Trinajstić information content (AvgIpc) is 2.32. The van der Waals surface area contributed by atoms with Gasteiger partial charge in [0.25, 0.3) is 0 Å². The van der Waals surface area contributed by atoms with Crippen LogP contribution in [0.4, 0.5) is 4.39 Å². The zero-order chi connectivity index (χ0) is 14.8. The molecule has 1 aromatic rings. The van der Waals surface area contributed by atoms with Crippen molar-refractivity contribution in [3.8, 4) is 0 Å². The number of hydrogen-bond acceptors (Lipinski definition) is 3. The molecule has 0 fully saturated rings. The number of nitrogens with two attached hydrogens (primary N) is 1. The molecule has 0 spiro atoms. The zero-order valence-electron chi connectivity index (χ0n) is 9.86. The molecule has 0 aliphatic heterocycles. The molecule has 0 saturated carbocycles. The van der Waals surface area contributed by atoms with Gasteiger partial charge in [-0.25, -0.2) is 12.8 Å². The third-order valence-corrected chi connectivity index (χ3v) is 5.17. The van der Waals surface area contributed by atoms with Gasteiger partial charge < -0.3 is 5.73 Å². The van der Waals surface area contributed by atoms with Crippen molar-refractivity contribution in [1.82, 2.24) is 4.31 Å². The molecule has 2 N–H and O–H groups in total. The predicted octanol–water partition coefficient (Wildman–Crippen LogP) is 2.43. The van der Waals surface area contributed by atoms with Gasteiger partial charge in [-0.1, -0.05) is 42.3 Å². The van der Waals surface area contributed by atoms with Crippen LogP contribution in [0.2, 0.25) is 10.0 Å². The van der Waals surface area contributed by atoms with Crippen molar-refractivity contribution in [2.24, 2.45) is 5.73 Å². The van der Waals surface area contributed by atoms with Crippen LogP contribution in [0.1, 0.15) is 6.92 Å². The van der Waals surface area contributed by atoms with Gasteiger partial charge in [0.2, 0.25) is 10.0 Å². The largest absolute Gasteiger partial charge is 0.392 e. The summed E-state index contributed by atoms with van der Waals surface area (Å²) in [6.07, 6.45) is 0. The Labute approximate surface area is 126 Å². The van der Waals surface area contributed by atoms with Gasteiger partial charge in [0.1, 0.15) is 4.90 Å². The fraction of sp³-hybridized carbons (Fsp3) is 0.300. The summed E-state index contributed by atoms with van der Waals surface area (Å²) in [5.74, 6) is -0.976. The minimum Gasteiger partial charge on any atom is -0.392 e. The highest BCUT2D eigenvalue weighted by atomic mass is 35.5. The number of hydrogen-bond donors (Lipinski definition) is 1. The first kappa shape index (κ1) is 16.6. The van der Waals surface area contributed by atoms with Crippen LogP contribution in [0.5, 0.6) is 0 Å². The van der Waals surface area contributed by atoms with E-state index in [-0.39, 0.29) is 28.0 Å². The molecule has 4 nitrogen and oxygen atoms in total. The summed E-state index contributed by atoms with van der Waals surface area (Å²) in [5.41, 5.74) is 5.33. The molecular weight excluding hydrogens is 334 g/mol. The summed E-state index contributed by atoms with van der Waals surface area (Å²) < 4.78 is 39.2. The first-order valence-electron chi connectivity index (χ1n) is 5.13. The lowest BCUT2D eigenvalue weighted by Gasteiger charge is -2.20. The van der Waals surface area contributed by atoms with Crippen molar-refractivity contribution in [2.45, 2.75) is 11.8 Å². The molecule has 0 atom stereocenters. The lowest BCUT2D eigenvalue weighted by Crippen LogP contribution is -2.37. The predicted molar refractivity (Wildman–Crippen MR) is 77.6 cm³/mol. The number of sulfonamides is 1. The lowest BCUT2D eigenvalue weighted by atomic mass is 10.3. The van der Waals surface area contributed by atoms with E-state index in [1.54, 1.807) is 6.92 Å². The maximum atomic E-state index is 13.6. The highest BCUT2D eigenvalue weighted by Crippen LogP contribution is 2.31. The third kappa shape index (κ3) is 3.55. The van der Waals surface area contributed by atoms with Crippen LogP contribution in [0, 0.1) is 5.82 Å². The van der Waals surface area contributed by atoms with E-state index < -0.39 is 20.9 Å². The number of halogens is 3. The Bertz CT molecular complexity index is 608. The van der Waals surface area contributed by atoms with Crippen molar-refractivity contribution in [2.75, 3.05) is 13.1 Å². The quantitative estimate of drug-likeness (QED) is 0.658. The molecule has 0 saturated heterocycles. The Morgan fingerprint density at radius 1 is 1.47 bits per heavy atom. The molecule has 0 heterocycles.